The third-order valence-electron chi connectivity index (χ3n) is 4.18. The standard InChI is InChI=1S/C20H23N3O4S/c1-14(17-7-11-19(12-8-17)28(25,26)23(3)4)22-20(24)15(2)27-18-9-5-16(13-21)6-10-18/h5-12,14-15H,1-4H3,(H,22,24). The molecule has 0 aliphatic rings. The van der Waals surface area contributed by atoms with Crippen LogP contribution in [0.15, 0.2) is 53.4 Å². The molecule has 0 bridgehead atoms. The number of nitrogens with one attached hydrogen (secondary N) is 1. The Morgan fingerprint density at radius 1 is 1.07 bits per heavy atom. The largest absolute Gasteiger partial charge is 0.481 e. The first-order chi connectivity index (χ1) is 13.1. The molecule has 0 aliphatic carbocycles. The van der Waals surface area contributed by atoms with Gasteiger partial charge in [-0.15, -0.1) is 0 Å². The van der Waals surface area contributed by atoms with Crippen LogP contribution in [-0.2, 0) is 14.8 Å². The number of hydrogen-bond donors (Lipinski definition) is 1. The molecule has 2 rings (SSSR count). The van der Waals surface area contributed by atoms with Crippen LogP contribution in [0.3, 0.4) is 0 Å². The summed E-state index contributed by atoms with van der Waals surface area (Å²) in [7, 11) is -0.543. The predicted molar refractivity (Wildman–Crippen MR) is 105 cm³/mol. The van der Waals surface area contributed by atoms with E-state index in [2.05, 4.69) is 5.32 Å². The molecule has 1 N–H and O–H groups in total. The second-order valence-corrected chi connectivity index (χ2v) is 8.63. The minimum absolute atomic E-state index is 0.192. The van der Waals surface area contributed by atoms with Gasteiger partial charge >= 0.3 is 0 Å². The quantitative estimate of drug-likeness (QED) is 0.768. The van der Waals surface area contributed by atoms with Gasteiger partial charge in [0.1, 0.15) is 5.75 Å². The van der Waals surface area contributed by atoms with E-state index in [9.17, 15) is 13.2 Å². The molecule has 0 spiro atoms. The molecule has 2 aromatic carbocycles. The van der Waals surface area contributed by atoms with Gasteiger partial charge in [0.15, 0.2) is 6.10 Å². The minimum Gasteiger partial charge on any atom is -0.481 e. The van der Waals surface area contributed by atoms with E-state index in [0.29, 0.717) is 11.3 Å². The fraction of sp³-hybridized carbons (Fsp3) is 0.300. The highest BCUT2D eigenvalue weighted by molar-refractivity contribution is 7.89. The molecule has 0 aliphatic heterocycles. The van der Waals surface area contributed by atoms with Crippen molar-refractivity contribution in [3.05, 3.63) is 59.7 Å². The molecule has 1 amide bonds. The van der Waals surface area contributed by atoms with E-state index in [1.54, 1.807) is 43.3 Å². The number of carbonyl (C=O) groups excluding carboxylic acids is 1. The number of benzene rings is 2. The van der Waals surface area contributed by atoms with Gasteiger partial charge in [-0.2, -0.15) is 5.26 Å². The maximum absolute atomic E-state index is 12.4. The zero-order valence-electron chi connectivity index (χ0n) is 16.2. The third-order valence-corrected chi connectivity index (χ3v) is 6.01. The molecule has 0 saturated carbocycles. The molecule has 0 fully saturated rings. The first-order valence-electron chi connectivity index (χ1n) is 8.65. The van der Waals surface area contributed by atoms with E-state index < -0.39 is 16.1 Å². The number of carbonyl (C=O) groups is 1. The summed E-state index contributed by atoms with van der Waals surface area (Å²) < 4.78 is 31.0. The van der Waals surface area contributed by atoms with Crippen LogP contribution in [0.1, 0.15) is 31.0 Å². The SMILES string of the molecule is CC(Oc1ccc(C#N)cc1)C(=O)NC(C)c1ccc(S(=O)(=O)N(C)C)cc1. The molecule has 148 valence electrons. The van der Waals surface area contributed by atoms with Crippen molar-refractivity contribution in [3.63, 3.8) is 0 Å². The zero-order valence-corrected chi connectivity index (χ0v) is 17.0. The summed E-state index contributed by atoms with van der Waals surface area (Å²) in [6.07, 6.45) is -0.733. The van der Waals surface area contributed by atoms with Crippen molar-refractivity contribution in [3.8, 4) is 11.8 Å². The molecule has 0 saturated heterocycles. The van der Waals surface area contributed by atoms with Gasteiger partial charge in [-0.25, -0.2) is 12.7 Å². The van der Waals surface area contributed by atoms with Crippen LogP contribution >= 0.6 is 0 Å². The van der Waals surface area contributed by atoms with Gasteiger partial charge in [-0.3, -0.25) is 4.79 Å². The molecule has 8 heteroatoms. The third kappa shape index (κ3) is 5.09. The van der Waals surface area contributed by atoms with E-state index >= 15 is 0 Å². The normalized spacial score (nSPS) is 13.4. The zero-order chi connectivity index (χ0) is 20.9. The van der Waals surface area contributed by atoms with Crippen molar-refractivity contribution in [1.29, 1.82) is 5.26 Å². The van der Waals surface area contributed by atoms with Gasteiger partial charge in [0.25, 0.3) is 5.91 Å². The fourth-order valence-electron chi connectivity index (χ4n) is 2.42. The van der Waals surface area contributed by atoms with Crippen molar-refractivity contribution in [1.82, 2.24) is 9.62 Å². The average Bonchev–Trinajstić information content (AvgIpc) is 2.68. The average molecular weight is 401 g/mol. The van der Waals surface area contributed by atoms with Gasteiger partial charge in [0, 0.05) is 14.1 Å². The molecular weight excluding hydrogens is 378 g/mol. The van der Waals surface area contributed by atoms with Crippen LogP contribution < -0.4 is 10.1 Å². The Hall–Kier alpha value is -2.89. The van der Waals surface area contributed by atoms with Crippen LogP contribution in [0, 0.1) is 11.3 Å². The molecule has 2 aromatic rings. The maximum Gasteiger partial charge on any atom is 0.261 e. The van der Waals surface area contributed by atoms with Gasteiger partial charge in [-0.1, -0.05) is 12.1 Å². The first-order valence-corrected chi connectivity index (χ1v) is 10.1. The lowest BCUT2D eigenvalue weighted by Crippen LogP contribution is -2.37. The fourth-order valence-corrected chi connectivity index (χ4v) is 3.32. The van der Waals surface area contributed by atoms with Crippen LogP contribution in [0.5, 0.6) is 5.75 Å². The van der Waals surface area contributed by atoms with Gasteiger partial charge in [0.2, 0.25) is 10.0 Å². The maximum atomic E-state index is 12.4. The van der Waals surface area contributed by atoms with Crippen molar-refractivity contribution < 1.29 is 17.9 Å². The Balaban J connectivity index is 2.00. The number of nitrogens with zero attached hydrogens (tertiary/aromatic N) is 2. The van der Waals surface area contributed by atoms with Gasteiger partial charge in [0.05, 0.1) is 22.6 Å². The second kappa shape index (κ2) is 8.87. The molecular formula is C20H23N3O4S. The van der Waals surface area contributed by atoms with Gasteiger partial charge < -0.3 is 10.1 Å². The number of ether oxygens (including phenoxy) is 1. The van der Waals surface area contributed by atoms with Crippen LogP contribution in [-0.4, -0.2) is 38.8 Å². The monoisotopic (exact) mass is 401 g/mol. The van der Waals surface area contributed by atoms with Crippen LogP contribution in [0.25, 0.3) is 0 Å². The highest BCUT2D eigenvalue weighted by Crippen LogP contribution is 2.19. The molecule has 0 aromatic heterocycles. The second-order valence-electron chi connectivity index (χ2n) is 6.48. The summed E-state index contributed by atoms with van der Waals surface area (Å²) in [6, 6.07) is 14.6. The highest BCUT2D eigenvalue weighted by atomic mass is 32.2. The summed E-state index contributed by atoms with van der Waals surface area (Å²) in [6.45, 7) is 3.44. The lowest BCUT2D eigenvalue weighted by atomic mass is 10.1. The van der Waals surface area contributed by atoms with E-state index in [-0.39, 0.29) is 16.8 Å². The summed E-state index contributed by atoms with van der Waals surface area (Å²) in [5.74, 6) is 0.189. The van der Waals surface area contributed by atoms with Crippen molar-refractivity contribution in [2.24, 2.45) is 0 Å². The van der Waals surface area contributed by atoms with E-state index in [0.717, 1.165) is 9.87 Å². The predicted octanol–water partition coefficient (Wildman–Crippen LogP) is 2.45. The Morgan fingerprint density at radius 3 is 2.14 bits per heavy atom. The van der Waals surface area contributed by atoms with Gasteiger partial charge in [-0.05, 0) is 55.8 Å². The van der Waals surface area contributed by atoms with E-state index in [1.165, 1.54) is 26.2 Å². The number of nitriles is 1. The number of amides is 1. The highest BCUT2D eigenvalue weighted by Gasteiger charge is 2.20. The van der Waals surface area contributed by atoms with E-state index in [1.807, 2.05) is 13.0 Å². The number of sulfonamides is 1. The Bertz CT molecular complexity index is 962. The molecule has 2 unspecified atom stereocenters. The van der Waals surface area contributed by atoms with Crippen LogP contribution in [0.2, 0.25) is 0 Å². The Kier molecular flexibility index (Phi) is 6.78. The smallest absolute Gasteiger partial charge is 0.261 e. The summed E-state index contributed by atoms with van der Waals surface area (Å²) in [5, 5.41) is 11.6. The van der Waals surface area contributed by atoms with E-state index in [4.69, 9.17) is 10.00 Å². The Labute approximate surface area is 165 Å². The Morgan fingerprint density at radius 2 is 1.64 bits per heavy atom. The van der Waals surface area contributed by atoms with Crippen LogP contribution in [0.4, 0.5) is 0 Å². The topological polar surface area (TPSA) is 99.5 Å². The molecule has 28 heavy (non-hydrogen) atoms. The molecule has 2 atom stereocenters. The molecule has 7 nitrogen and oxygen atoms in total. The minimum atomic E-state index is -3.49. The summed E-state index contributed by atoms with van der Waals surface area (Å²) in [4.78, 5) is 12.6. The lowest BCUT2D eigenvalue weighted by molar-refractivity contribution is -0.127. The number of rotatable bonds is 7. The first kappa shape index (κ1) is 21.4. The number of hydrogen-bond acceptors (Lipinski definition) is 5. The lowest BCUT2D eigenvalue weighted by Gasteiger charge is -2.19. The van der Waals surface area contributed by atoms with Crippen molar-refractivity contribution >= 4 is 15.9 Å². The molecule has 0 radical (unpaired) electrons. The molecule has 0 heterocycles. The summed E-state index contributed by atoms with van der Waals surface area (Å²) >= 11 is 0. The van der Waals surface area contributed by atoms with Crippen molar-refractivity contribution in [2.75, 3.05) is 14.1 Å². The summed E-state index contributed by atoms with van der Waals surface area (Å²) in [5.41, 5.74) is 1.29. The van der Waals surface area contributed by atoms with Crippen molar-refractivity contribution in [2.45, 2.75) is 30.9 Å².